The van der Waals surface area contributed by atoms with E-state index in [9.17, 15) is 0 Å². The third-order valence-corrected chi connectivity index (χ3v) is 5.85. The van der Waals surface area contributed by atoms with Crippen molar-refractivity contribution in [3.05, 3.63) is 52.4 Å². The number of nitrogens with zero attached hydrogens (tertiary/aromatic N) is 2. The van der Waals surface area contributed by atoms with Crippen LogP contribution in [0.3, 0.4) is 0 Å². The number of ether oxygens (including phenoxy) is 1. The number of hydrogen-bond acceptors (Lipinski definition) is 7. The predicted octanol–water partition coefficient (Wildman–Crippen LogP) is 2.75. The lowest BCUT2D eigenvalue weighted by atomic mass is 10.1. The lowest BCUT2D eigenvalue weighted by molar-refractivity contribution is -0.159. The molecule has 30 heavy (non-hydrogen) atoms. The maximum Gasteiger partial charge on any atom is 0.414 e. The van der Waals surface area contributed by atoms with Crippen molar-refractivity contribution in [2.24, 2.45) is 10.8 Å². The Hall–Kier alpha value is -2.91. The summed E-state index contributed by atoms with van der Waals surface area (Å²) >= 11 is 1.77. The zero-order chi connectivity index (χ0) is 21.5. The first-order valence-corrected chi connectivity index (χ1v) is 10.6. The van der Waals surface area contributed by atoms with Gasteiger partial charge in [-0.3, -0.25) is 10.0 Å². The predicted molar refractivity (Wildman–Crippen MR) is 114 cm³/mol. The molecule has 0 amide bonds. The minimum atomic E-state index is -1.82. The molecular weight excluding hydrogens is 406 g/mol. The van der Waals surface area contributed by atoms with Gasteiger partial charge in [-0.2, -0.15) is 0 Å². The van der Waals surface area contributed by atoms with E-state index in [4.69, 9.17) is 30.4 Å². The van der Waals surface area contributed by atoms with Crippen molar-refractivity contribution in [3.63, 3.8) is 0 Å². The topological polar surface area (TPSA) is 125 Å². The number of carbonyl (C=O) groups is 2. The van der Waals surface area contributed by atoms with Crippen molar-refractivity contribution < 1.29 is 24.5 Å². The van der Waals surface area contributed by atoms with E-state index >= 15 is 0 Å². The number of carboxylic acid groups (broad SMARTS) is 2. The highest BCUT2D eigenvalue weighted by molar-refractivity contribution is 7.13. The molecule has 4 rings (SSSR count). The fraction of sp³-hybridized carbons (Fsp3) is 0.381. The normalized spacial score (nSPS) is 16.0. The van der Waals surface area contributed by atoms with Crippen molar-refractivity contribution in [3.8, 4) is 5.06 Å². The van der Waals surface area contributed by atoms with E-state index in [1.54, 1.807) is 16.3 Å². The van der Waals surface area contributed by atoms with Gasteiger partial charge in [-0.15, -0.1) is 11.3 Å². The lowest BCUT2D eigenvalue weighted by Gasteiger charge is -2.13. The maximum atomic E-state index is 9.10. The number of rotatable bonds is 5. The Labute approximate surface area is 178 Å². The number of carboxylic acids is 2. The molecule has 2 aromatic rings. The first-order chi connectivity index (χ1) is 14.4. The average Bonchev–Trinajstić information content (AvgIpc) is 3.47. The molecule has 1 aromatic heterocycles. The standard InChI is InChI=1S/C19H23N3OS.C2H2O4/c20-22-12-11-21-19(22)15-7-5-14(6-8-15)13-17-9-10-18(24-17)23-16-3-1-2-4-16;3-1(4)2(5)6/h5-10,16H,1-4,11-13,20H2;(H,3,4)(H,5,6). The second kappa shape index (κ2) is 10.2. The van der Waals surface area contributed by atoms with Crippen LogP contribution in [0.5, 0.6) is 5.06 Å². The summed E-state index contributed by atoms with van der Waals surface area (Å²) in [5, 5.41) is 17.6. The number of amidine groups is 1. The van der Waals surface area contributed by atoms with E-state index in [0.29, 0.717) is 6.10 Å². The summed E-state index contributed by atoms with van der Waals surface area (Å²) in [5.74, 6) is 3.18. The lowest BCUT2D eigenvalue weighted by Crippen LogP contribution is -2.34. The minimum Gasteiger partial charge on any atom is -0.481 e. The Morgan fingerprint density at radius 3 is 2.33 bits per heavy atom. The second-order valence-electron chi connectivity index (χ2n) is 7.13. The van der Waals surface area contributed by atoms with Gasteiger partial charge >= 0.3 is 11.9 Å². The fourth-order valence-electron chi connectivity index (χ4n) is 3.38. The van der Waals surface area contributed by atoms with Crippen LogP contribution in [-0.4, -0.2) is 52.2 Å². The van der Waals surface area contributed by atoms with Crippen molar-refractivity contribution >= 4 is 29.1 Å². The van der Waals surface area contributed by atoms with Gasteiger partial charge in [0, 0.05) is 16.9 Å². The van der Waals surface area contributed by atoms with Crippen LogP contribution in [0, 0.1) is 0 Å². The summed E-state index contributed by atoms with van der Waals surface area (Å²) in [7, 11) is 0. The van der Waals surface area contributed by atoms with Crippen LogP contribution in [0.2, 0.25) is 0 Å². The number of hydrogen-bond donors (Lipinski definition) is 3. The van der Waals surface area contributed by atoms with E-state index < -0.39 is 11.9 Å². The largest absolute Gasteiger partial charge is 0.481 e. The molecule has 9 heteroatoms. The Kier molecular flexibility index (Phi) is 7.42. The van der Waals surface area contributed by atoms with Gasteiger partial charge in [0.15, 0.2) is 5.06 Å². The molecule has 4 N–H and O–H groups in total. The zero-order valence-electron chi connectivity index (χ0n) is 16.5. The van der Waals surface area contributed by atoms with Crippen LogP contribution < -0.4 is 10.6 Å². The van der Waals surface area contributed by atoms with Gasteiger partial charge in [-0.1, -0.05) is 24.3 Å². The molecule has 0 bridgehead atoms. The van der Waals surface area contributed by atoms with Gasteiger partial charge in [0.1, 0.15) is 5.84 Å². The summed E-state index contributed by atoms with van der Waals surface area (Å²) in [6.07, 6.45) is 6.40. The first kappa shape index (κ1) is 21.8. The van der Waals surface area contributed by atoms with Crippen molar-refractivity contribution in [2.75, 3.05) is 13.1 Å². The Bertz CT molecular complexity index is 892. The highest BCUT2D eigenvalue weighted by atomic mass is 32.1. The second-order valence-corrected chi connectivity index (χ2v) is 8.26. The van der Waals surface area contributed by atoms with Gasteiger partial charge in [0.2, 0.25) is 0 Å². The molecular formula is C21H25N3O5S. The Balaban J connectivity index is 0.000000377. The molecule has 1 saturated carbocycles. The molecule has 1 fully saturated rings. The third kappa shape index (κ3) is 6.04. The van der Waals surface area contributed by atoms with Gasteiger partial charge in [-0.25, -0.2) is 15.4 Å². The summed E-state index contributed by atoms with van der Waals surface area (Å²) < 4.78 is 6.08. The molecule has 1 aliphatic heterocycles. The maximum absolute atomic E-state index is 9.10. The molecule has 0 saturated heterocycles. The highest BCUT2D eigenvalue weighted by Gasteiger charge is 2.17. The van der Waals surface area contributed by atoms with Crippen LogP contribution in [-0.2, 0) is 16.0 Å². The van der Waals surface area contributed by atoms with Gasteiger partial charge in [0.25, 0.3) is 0 Å². The van der Waals surface area contributed by atoms with E-state index in [1.807, 2.05) is 0 Å². The Morgan fingerprint density at radius 2 is 1.77 bits per heavy atom. The van der Waals surface area contributed by atoms with Gasteiger partial charge in [-0.05, 0) is 43.4 Å². The number of aliphatic imine (C=N–C) groups is 1. The molecule has 160 valence electrons. The van der Waals surface area contributed by atoms with Crippen molar-refractivity contribution in [2.45, 2.75) is 38.2 Å². The van der Waals surface area contributed by atoms with Gasteiger partial charge in [0.05, 0.1) is 19.2 Å². The van der Waals surface area contributed by atoms with E-state index in [2.05, 4.69) is 41.4 Å². The van der Waals surface area contributed by atoms with E-state index in [-0.39, 0.29) is 0 Å². The molecule has 1 aliphatic carbocycles. The fourth-order valence-corrected chi connectivity index (χ4v) is 4.33. The molecule has 1 aromatic carbocycles. The quantitative estimate of drug-likeness (QED) is 0.491. The molecule has 0 unspecified atom stereocenters. The average molecular weight is 432 g/mol. The third-order valence-electron chi connectivity index (χ3n) is 4.87. The molecule has 2 heterocycles. The number of nitrogens with two attached hydrogens (primary N) is 1. The van der Waals surface area contributed by atoms with Crippen molar-refractivity contribution in [1.82, 2.24) is 5.01 Å². The molecule has 0 radical (unpaired) electrons. The Morgan fingerprint density at radius 1 is 1.10 bits per heavy atom. The van der Waals surface area contributed by atoms with Crippen LogP contribution in [0.15, 0.2) is 41.4 Å². The first-order valence-electron chi connectivity index (χ1n) is 9.80. The number of aliphatic carboxylic acids is 2. The monoisotopic (exact) mass is 431 g/mol. The van der Waals surface area contributed by atoms with Gasteiger partial charge < -0.3 is 14.9 Å². The van der Waals surface area contributed by atoms with E-state index in [1.165, 1.54) is 36.1 Å². The molecule has 0 spiro atoms. The van der Waals surface area contributed by atoms with Crippen molar-refractivity contribution in [1.29, 1.82) is 0 Å². The summed E-state index contributed by atoms with van der Waals surface area (Å²) in [4.78, 5) is 24.0. The number of hydrazine groups is 1. The SMILES string of the molecule is NN1CCN=C1c1ccc(Cc2ccc(OC3CCCC3)s2)cc1.O=C(O)C(=O)O. The smallest absolute Gasteiger partial charge is 0.414 e. The summed E-state index contributed by atoms with van der Waals surface area (Å²) in [6, 6.07) is 12.9. The highest BCUT2D eigenvalue weighted by Crippen LogP contribution is 2.31. The number of benzene rings is 1. The van der Waals surface area contributed by atoms with Crippen LogP contribution >= 0.6 is 11.3 Å². The molecule has 8 nitrogen and oxygen atoms in total. The zero-order valence-corrected chi connectivity index (χ0v) is 17.3. The van der Waals surface area contributed by atoms with Crippen LogP contribution in [0.25, 0.3) is 0 Å². The molecule has 2 aliphatic rings. The molecule has 0 atom stereocenters. The number of thiophene rings is 1. The van der Waals surface area contributed by atoms with E-state index in [0.717, 1.165) is 36.0 Å². The van der Waals surface area contributed by atoms with Crippen LogP contribution in [0.1, 0.15) is 41.7 Å². The minimum absolute atomic E-state index is 0.433. The summed E-state index contributed by atoms with van der Waals surface area (Å²) in [5.41, 5.74) is 2.39. The van der Waals surface area contributed by atoms with Crippen LogP contribution in [0.4, 0.5) is 0 Å². The summed E-state index contributed by atoms with van der Waals surface area (Å²) in [6.45, 7) is 1.59.